The third-order valence-electron chi connectivity index (χ3n) is 2.03. The van der Waals surface area contributed by atoms with Crippen LogP contribution in [0.1, 0.15) is 0 Å². The number of aromatic nitrogens is 2. The highest BCUT2D eigenvalue weighted by Crippen LogP contribution is 2.23. The smallest absolute Gasteiger partial charge is 0.210 e. The highest BCUT2D eigenvalue weighted by Gasteiger charge is 2.08. The van der Waals surface area contributed by atoms with Crippen molar-refractivity contribution in [2.24, 2.45) is 0 Å². The first-order valence-corrected chi connectivity index (χ1v) is 8.64. The number of hydrogen-bond acceptors (Lipinski definition) is 8. The Morgan fingerprint density at radius 2 is 2.11 bits per heavy atom. The van der Waals surface area contributed by atoms with E-state index >= 15 is 0 Å². The number of hydrogen-bond donors (Lipinski definition) is 1. The van der Waals surface area contributed by atoms with Crippen LogP contribution in [-0.2, 0) is 20.9 Å². The SMILES string of the molecule is CS(=O)c1nnc(Nc2cccc(S(=O)(=O)[O-])c2)s1. The van der Waals surface area contributed by atoms with Crippen LogP contribution in [0.2, 0.25) is 0 Å². The maximum Gasteiger partial charge on any atom is 0.210 e. The van der Waals surface area contributed by atoms with E-state index in [4.69, 9.17) is 0 Å². The summed E-state index contributed by atoms with van der Waals surface area (Å²) in [5.41, 5.74) is 0.390. The maximum atomic E-state index is 11.2. The molecule has 0 saturated carbocycles. The summed E-state index contributed by atoms with van der Waals surface area (Å²) in [5, 5.41) is 10.6. The van der Waals surface area contributed by atoms with Gasteiger partial charge in [0.1, 0.15) is 10.1 Å². The third kappa shape index (κ3) is 3.56. The van der Waals surface area contributed by atoms with E-state index in [0.717, 1.165) is 11.3 Å². The quantitative estimate of drug-likeness (QED) is 0.834. The zero-order valence-electron chi connectivity index (χ0n) is 9.56. The van der Waals surface area contributed by atoms with Gasteiger partial charge in [-0.2, -0.15) is 0 Å². The highest BCUT2D eigenvalue weighted by atomic mass is 32.2. The van der Waals surface area contributed by atoms with E-state index in [1.54, 1.807) is 6.07 Å². The summed E-state index contributed by atoms with van der Waals surface area (Å²) in [6.45, 7) is 0. The Labute approximate surface area is 115 Å². The van der Waals surface area contributed by atoms with Gasteiger partial charge in [-0.05, 0) is 18.2 Å². The molecule has 1 aromatic carbocycles. The van der Waals surface area contributed by atoms with Crippen molar-refractivity contribution in [3.05, 3.63) is 24.3 Å². The first-order chi connectivity index (χ1) is 8.86. The van der Waals surface area contributed by atoms with Gasteiger partial charge in [0.2, 0.25) is 9.47 Å². The molecule has 0 amide bonds. The summed E-state index contributed by atoms with van der Waals surface area (Å²) >= 11 is 1.09. The van der Waals surface area contributed by atoms with Gasteiger partial charge in [0, 0.05) is 11.9 Å². The van der Waals surface area contributed by atoms with Gasteiger partial charge < -0.3 is 9.87 Å². The summed E-state index contributed by atoms with van der Waals surface area (Å²) in [7, 11) is -5.72. The molecule has 0 aliphatic rings. The van der Waals surface area contributed by atoms with Crippen molar-refractivity contribution in [2.75, 3.05) is 11.6 Å². The van der Waals surface area contributed by atoms with Crippen LogP contribution in [0.25, 0.3) is 0 Å². The van der Waals surface area contributed by atoms with E-state index < -0.39 is 20.9 Å². The molecule has 0 bridgehead atoms. The summed E-state index contributed by atoms with van der Waals surface area (Å²) in [4.78, 5) is -0.332. The van der Waals surface area contributed by atoms with Crippen molar-refractivity contribution in [3.8, 4) is 0 Å². The van der Waals surface area contributed by atoms with E-state index in [1.165, 1.54) is 24.5 Å². The summed E-state index contributed by atoms with van der Waals surface area (Å²) in [5.74, 6) is 0. The number of anilines is 2. The molecule has 102 valence electrons. The predicted octanol–water partition coefficient (Wildman–Crippen LogP) is 0.923. The monoisotopic (exact) mass is 318 g/mol. The molecule has 0 radical (unpaired) electrons. The van der Waals surface area contributed by atoms with Crippen LogP contribution in [0.5, 0.6) is 0 Å². The van der Waals surface area contributed by atoms with Crippen LogP contribution in [0.3, 0.4) is 0 Å². The van der Waals surface area contributed by atoms with Gasteiger partial charge in [0.15, 0.2) is 0 Å². The minimum Gasteiger partial charge on any atom is -0.744 e. The predicted molar refractivity (Wildman–Crippen MR) is 69.9 cm³/mol. The molecule has 1 unspecified atom stereocenters. The molecule has 1 N–H and O–H groups in total. The molecule has 0 aliphatic carbocycles. The van der Waals surface area contributed by atoms with Crippen molar-refractivity contribution < 1.29 is 17.2 Å². The lowest BCUT2D eigenvalue weighted by Gasteiger charge is -2.08. The standard InChI is InChI=1S/C9H9N3O4S3/c1-18(13)9-12-11-8(17-9)10-6-3-2-4-7(5-6)19(14,15)16/h2-5H,1H3,(H,10,11)(H,14,15,16)/p-1. The highest BCUT2D eigenvalue weighted by molar-refractivity contribution is 7.86. The topological polar surface area (TPSA) is 112 Å². The zero-order valence-corrected chi connectivity index (χ0v) is 12.0. The van der Waals surface area contributed by atoms with Crippen LogP contribution in [0, 0.1) is 0 Å². The van der Waals surface area contributed by atoms with E-state index in [9.17, 15) is 17.2 Å². The Kier molecular flexibility index (Phi) is 3.94. The summed E-state index contributed by atoms with van der Waals surface area (Å²) in [6.07, 6.45) is 1.48. The second-order valence-corrected chi connectivity index (χ2v) is 7.34. The van der Waals surface area contributed by atoms with Gasteiger partial charge in [0.05, 0.1) is 15.7 Å². The zero-order chi connectivity index (χ0) is 14.0. The molecule has 1 aromatic heterocycles. The summed E-state index contributed by atoms with van der Waals surface area (Å²) < 4.78 is 44.2. The van der Waals surface area contributed by atoms with Crippen LogP contribution >= 0.6 is 11.3 Å². The molecule has 10 heteroatoms. The van der Waals surface area contributed by atoms with Gasteiger partial charge >= 0.3 is 0 Å². The molecule has 1 heterocycles. The Hall–Kier alpha value is -1.36. The number of benzene rings is 1. The van der Waals surface area contributed by atoms with Crippen molar-refractivity contribution in [1.82, 2.24) is 10.2 Å². The molecule has 0 fully saturated rings. The second kappa shape index (κ2) is 5.33. The Morgan fingerprint density at radius 1 is 1.37 bits per heavy atom. The summed E-state index contributed by atoms with van der Waals surface area (Å²) in [6, 6.07) is 5.43. The molecule has 2 rings (SSSR count). The molecule has 2 aromatic rings. The molecule has 19 heavy (non-hydrogen) atoms. The Bertz CT molecular complexity index is 726. The van der Waals surface area contributed by atoms with Crippen molar-refractivity contribution in [2.45, 2.75) is 9.24 Å². The van der Waals surface area contributed by atoms with Crippen LogP contribution in [0.15, 0.2) is 33.5 Å². The molecular formula is C9H8N3O4S3-. The van der Waals surface area contributed by atoms with Crippen LogP contribution in [-0.4, -0.2) is 33.6 Å². The van der Waals surface area contributed by atoms with Crippen LogP contribution < -0.4 is 5.32 Å². The lowest BCUT2D eigenvalue weighted by atomic mass is 10.3. The average Bonchev–Trinajstić information content (AvgIpc) is 2.77. The van der Waals surface area contributed by atoms with Gasteiger partial charge in [-0.1, -0.05) is 17.4 Å². The molecule has 0 spiro atoms. The van der Waals surface area contributed by atoms with Crippen molar-refractivity contribution >= 4 is 43.1 Å². The van der Waals surface area contributed by atoms with Gasteiger partial charge in [-0.15, -0.1) is 10.2 Å². The van der Waals surface area contributed by atoms with E-state index in [1.807, 2.05) is 0 Å². The van der Waals surface area contributed by atoms with E-state index in [0.29, 0.717) is 15.2 Å². The maximum absolute atomic E-state index is 11.2. The average molecular weight is 318 g/mol. The van der Waals surface area contributed by atoms with Crippen LogP contribution in [0.4, 0.5) is 10.8 Å². The number of nitrogens with zero attached hydrogens (tertiary/aromatic N) is 2. The second-order valence-electron chi connectivity index (χ2n) is 3.43. The molecular weight excluding hydrogens is 310 g/mol. The minimum absolute atomic E-state index is 0.332. The van der Waals surface area contributed by atoms with Gasteiger partial charge in [-0.3, -0.25) is 4.21 Å². The molecule has 0 saturated heterocycles. The van der Waals surface area contributed by atoms with Crippen molar-refractivity contribution in [1.29, 1.82) is 0 Å². The first kappa shape index (κ1) is 14.1. The third-order valence-corrected chi connectivity index (χ3v) is 5.02. The minimum atomic E-state index is -4.50. The lowest BCUT2D eigenvalue weighted by Crippen LogP contribution is -1.99. The number of rotatable bonds is 4. The Balaban J connectivity index is 2.26. The first-order valence-electron chi connectivity index (χ1n) is 4.86. The van der Waals surface area contributed by atoms with Gasteiger partial charge in [0.25, 0.3) is 0 Å². The normalized spacial score (nSPS) is 13.2. The van der Waals surface area contributed by atoms with E-state index in [-0.39, 0.29) is 4.90 Å². The largest absolute Gasteiger partial charge is 0.744 e. The fourth-order valence-corrected chi connectivity index (χ4v) is 3.11. The molecule has 1 atom stereocenters. The fraction of sp³-hybridized carbons (Fsp3) is 0.111. The van der Waals surface area contributed by atoms with Gasteiger partial charge in [-0.25, -0.2) is 8.42 Å². The Morgan fingerprint density at radius 3 is 2.68 bits per heavy atom. The van der Waals surface area contributed by atoms with E-state index in [2.05, 4.69) is 15.5 Å². The molecule has 7 nitrogen and oxygen atoms in total. The number of nitrogens with one attached hydrogen (secondary N) is 1. The van der Waals surface area contributed by atoms with Crippen molar-refractivity contribution in [3.63, 3.8) is 0 Å². The fourth-order valence-electron chi connectivity index (χ4n) is 1.23. The molecule has 0 aliphatic heterocycles. The lowest BCUT2D eigenvalue weighted by molar-refractivity contribution is 0.463.